The Morgan fingerprint density at radius 1 is 0.780 bits per heavy atom. The van der Waals surface area contributed by atoms with Gasteiger partial charge in [0.15, 0.2) is 0 Å². The quantitative estimate of drug-likeness (QED) is 0.175. The lowest BCUT2D eigenvalue weighted by Crippen LogP contribution is -2.54. The minimum Gasteiger partial charge on any atom is -0.489 e. The fraction of sp³-hybridized carbons (Fsp3) is 0.0938. The number of hydrogen-bond donors (Lipinski definition) is 1. The van der Waals surface area contributed by atoms with Gasteiger partial charge >= 0.3 is 6.03 Å². The molecule has 0 spiro atoms. The summed E-state index contributed by atoms with van der Waals surface area (Å²) in [5, 5.41) is 3.24. The molecule has 0 atom stereocenters. The van der Waals surface area contributed by atoms with Gasteiger partial charge in [0.05, 0.1) is 5.69 Å². The molecule has 0 bridgehead atoms. The summed E-state index contributed by atoms with van der Waals surface area (Å²) in [6.07, 6.45) is 1.44. The van der Waals surface area contributed by atoms with E-state index in [0.29, 0.717) is 33.7 Å². The van der Waals surface area contributed by atoms with E-state index in [0.717, 1.165) is 16.0 Å². The van der Waals surface area contributed by atoms with Gasteiger partial charge in [0.25, 0.3) is 11.8 Å². The van der Waals surface area contributed by atoms with Crippen molar-refractivity contribution < 1.29 is 23.9 Å². The lowest BCUT2D eigenvalue weighted by Gasteiger charge is -2.26. The Labute approximate surface area is 246 Å². The highest BCUT2D eigenvalue weighted by molar-refractivity contribution is 6.39. The van der Waals surface area contributed by atoms with Crippen molar-refractivity contribution in [3.05, 3.63) is 129 Å². The normalized spacial score (nSPS) is 14.3. The van der Waals surface area contributed by atoms with Crippen LogP contribution in [0, 0.1) is 6.92 Å². The highest BCUT2D eigenvalue weighted by Crippen LogP contribution is 2.27. The fourth-order valence-corrected chi connectivity index (χ4v) is 4.52. The third-order valence-corrected chi connectivity index (χ3v) is 6.91. The first-order chi connectivity index (χ1) is 19.8. The SMILES string of the molecule is Cc1ccc(COc2ccc(/C=C3\C(=O)NC(=O)N(c4ccc(OCc5ccc(Cl)cc5Cl)cc4)C3=O)cc2)cc1. The number of nitrogens with one attached hydrogen (secondary N) is 1. The predicted molar refractivity (Wildman–Crippen MR) is 158 cm³/mol. The number of carbonyl (C=O) groups is 3. The first-order valence-electron chi connectivity index (χ1n) is 12.6. The highest BCUT2D eigenvalue weighted by atomic mass is 35.5. The number of benzene rings is 4. The molecule has 1 heterocycles. The Balaban J connectivity index is 1.26. The highest BCUT2D eigenvalue weighted by Gasteiger charge is 2.36. The first-order valence-corrected chi connectivity index (χ1v) is 13.4. The third-order valence-electron chi connectivity index (χ3n) is 6.32. The number of carbonyl (C=O) groups excluding carboxylic acids is 3. The van der Waals surface area contributed by atoms with Crippen LogP contribution in [0.5, 0.6) is 11.5 Å². The van der Waals surface area contributed by atoms with Gasteiger partial charge in [-0.2, -0.15) is 0 Å². The van der Waals surface area contributed by atoms with E-state index in [-0.39, 0.29) is 17.9 Å². The zero-order chi connectivity index (χ0) is 28.9. The van der Waals surface area contributed by atoms with Crippen LogP contribution in [0.15, 0.2) is 96.6 Å². The third kappa shape index (κ3) is 6.77. The number of ether oxygens (including phenoxy) is 2. The Morgan fingerprint density at radius 2 is 1.41 bits per heavy atom. The lowest BCUT2D eigenvalue weighted by atomic mass is 10.1. The van der Waals surface area contributed by atoms with E-state index in [4.69, 9.17) is 32.7 Å². The number of urea groups is 1. The minimum atomic E-state index is -0.835. The molecule has 4 amide bonds. The molecular formula is C32H24Cl2N2O5. The molecule has 41 heavy (non-hydrogen) atoms. The van der Waals surface area contributed by atoms with Gasteiger partial charge in [-0.1, -0.05) is 71.2 Å². The Hall–Kier alpha value is -4.59. The fourth-order valence-electron chi connectivity index (χ4n) is 4.06. The molecule has 7 nitrogen and oxygen atoms in total. The summed E-state index contributed by atoms with van der Waals surface area (Å²) in [7, 11) is 0. The molecule has 0 aliphatic carbocycles. The van der Waals surface area contributed by atoms with E-state index in [1.54, 1.807) is 66.7 Å². The summed E-state index contributed by atoms with van der Waals surface area (Å²) in [4.78, 5) is 39.3. The van der Waals surface area contributed by atoms with Gasteiger partial charge in [-0.25, -0.2) is 9.69 Å². The van der Waals surface area contributed by atoms with Crippen molar-refractivity contribution in [3.8, 4) is 11.5 Å². The molecule has 4 aromatic rings. The topological polar surface area (TPSA) is 84.9 Å². The number of nitrogens with zero attached hydrogens (tertiary/aromatic N) is 1. The van der Waals surface area contributed by atoms with Gasteiger partial charge in [0.1, 0.15) is 30.3 Å². The molecule has 1 fully saturated rings. The average Bonchev–Trinajstić information content (AvgIpc) is 2.96. The van der Waals surface area contributed by atoms with Crippen molar-refractivity contribution in [3.63, 3.8) is 0 Å². The van der Waals surface area contributed by atoms with E-state index in [2.05, 4.69) is 5.32 Å². The summed E-state index contributed by atoms with van der Waals surface area (Å²) in [5.74, 6) is -0.360. The Kier molecular flexibility index (Phi) is 8.38. The number of barbiturate groups is 1. The zero-order valence-electron chi connectivity index (χ0n) is 21.9. The van der Waals surface area contributed by atoms with Crippen LogP contribution in [0.2, 0.25) is 10.0 Å². The molecule has 1 aliphatic heterocycles. The van der Waals surface area contributed by atoms with E-state index in [1.165, 1.54) is 11.6 Å². The molecule has 1 saturated heterocycles. The summed E-state index contributed by atoms with van der Waals surface area (Å²) in [6.45, 7) is 2.64. The molecular weight excluding hydrogens is 563 g/mol. The number of rotatable bonds is 8. The van der Waals surface area contributed by atoms with Gasteiger partial charge in [-0.15, -0.1) is 0 Å². The summed E-state index contributed by atoms with van der Waals surface area (Å²) in [6, 6.07) is 25.7. The maximum absolute atomic E-state index is 13.3. The molecule has 0 unspecified atom stereocenters. The molecule has 0 radical (unpaired) electrons. The van der Waals surface area contributed by atoms with Gasteiger partial charge in [0, 0.05) is 15.6 Å². The molecule has 1 N–H and O–H groups in total. The summed E-state index contributed by atoms with van der Waals surface area (Å²) < 4.78 is 11.6. The second-order valence-corrected chi connectivity index (χ2v) is 10.2. The standard InChI is InChI=1S/C32H24Cl2N2O5/c1-20-2-4-22(5-3-20)18-40-26-12-6-21(7-13-26)16-28-30(37)35-32(39)36(31(28)38)25-10-14-27(15-11-25)41-19-23-8-9-24(33)17-29(23)34/h2-17H,18-19H2,1H3,(H,35,37,39)/b28-16+. The van der Waals surface area contributed by atoms with Crippen molar-refractivity contribution in [1.29, 1.82) is 0 Å². The van der Waals surface area contributed by atoms with Crippen molar-refractivity contribution in [2.75, 3.05) is 4.90 Å². The minimum absolute atomic E-state index is 0.171. The Morgan fingerprint density at radius 3 is 2.07 bits per heavy atom. The van der Waals surface area contributed by atoms with E-state index in [1.807, 2.05) is 31.2 Å². The zero-order valence-corrected chi connectivity index (χ0v) is 23.4. The summed E-state index contributed by atoms with van der Waals surface area (Å²) in [5.41, 5.74) is 3.68. The predicted octanol–water partition coefficient (Wildman–Crippen LogP) is 7.13. The maximum atomic E-state index is 13.3. The number of anilines is 1. The van der Waals surface area contributed by atoms with Crippen LogP contribution in [0.4, 0.5) is 10.5 Å². The van der Waals surface area contributed by atoms with E-state index < -0.39 is 17.8 Å². The molecule has 0 aromatic heterocycles. The molecule has 9 heteroatoms. The molecule has 1 aliphatic rings. The largest absolute Gasteiger partial charge is 0.489 e. The van der Waals surface area contributed by atoms with Crippen molar-refractivity contribution in [2.24, 2.45) is 0 Å². The summed E-state index contributed by atoms with van der Waals surface area (Å²) >= 11 is 12.1. The van der Waals surface area contributed by atoms with Crippen molar-refractivity contribution in [1.82, 2.24) is 5.32 Å². The molecule has 0 saturated carbocycles. The van der Waals surface area contributed by atoms with E-state index in [9.17, 15) is 14.4 Å². The van der Waals surface area contributed by atoms with Crippen molar-refractivity contribution >= 4 is 52.8 Å². The van der Waals surface area contributed by atoms with Gasteiger partial charge < -0.3 is 9.47 Å². The van der Waals surface area contributed by atoms with Crippen LogP contribution in [0.3, 0.4) is 0 Å². The second-order valence-electron chi connectivity index (χ2n) is 9.32. The lowest BCUT2D eigenvalue weighted by molar-refractivity contribution is -0.122. The number of amides is 4. The smallest absolute Gasteiger partial charge is 0.335 e. The van der Waals surface area contributed by atoms with Gasteiger partial charge in [-0.3, -0.25) is 14.9 Å². The maximum Gasteiger partial charge on any atom is 0.335 e. The molecule has 206 valence electrons. The van der Waals surface area contributed by atoms with E-state index >= 15 is 0 Å². The Bertz CT molecular complexity index is 1630. The monoisotopic (exact) mass is 586 g/mol. The number of hydrogen-bond acceptors (Lipinski definition) is 5. The van der Waals surface area contributed by atoms with Crippen molar-refractivity contribution in [2.45, 2.75) is 20.1 Å². The second kappa shape index (κ2) is 12.3. The van der Waals surface area contributed by atoms with Crippen LogP contribution >= 0.6 is 23.2 Å². The van der Waals surface area contributed by atoms with Crippen LogP contribution in [-0.2, 0) is 22.8 Å². The average molecular weight is 587 g/mol. The van der Waals surface area contributed by atoms with Gasteiger partial charge in [-0.05, 0) is 72.7 Å². The molecule has 5 rings (SSSR count). The van der Waals surface area contributed by atoms with Crippen LogP contribution < -0.4 is 19.7 Å². The number of halogens is 2. The van der Waals surface area contributed by atoms with Gasteiger partial charge in [0.2, 0.25) is 0 Å². The molecule has 4 aromatic carbocycles. The number of imide groups is 2. The first kappa shape index (κ1) is 28.0. The van der Waals surface area contributed by atoms with Crippen LogP contribution in [-0.4, -0.2) is 17.8 Å². The van der Waals surface area contributed by atoms with Crippen LogP contribution in [0.25, 0.3) is 6.08 Å². The van der Waals surface area contributed by atoms with Crippen LogP contribution in [0.1, 0.15) is 22.3 Å². The number of aryl methyl sites for hydroxylation is 1.